The quantitative estimate of drug-likeness (QED) is 0.810. The molecule has 2 aromatic rings. The highest BCUT2D eigenvalue weighted by Gasteiger charge is 2.07. The predicted octanol–water partition coefficient (Wildman–Crippen LogP) is 2.98. The summed E-state index contributed by atoms with van der Waals surface area (Å²) in [6.07, 6.45) is 1.30. The van der Waals surface area contributed by atoms with Crippen molar-refractivity contribution in [3.05, 3.63) is 30.1 Å². The Morgan fingerprint density at radius 1 is 1.06 bits per heavy atom. The smallest absolute Gasteiger partial charge is 0.161 e. The third-order valence-electron chi connectivity index (χ3n) is 1.91. The van der Waals surface area contributed by atoms with E-state index in [0.29, 0.717) is 16.7 Å². The molecule has 1 aromatic heterocycles. The third-order valence-corrected chi connectivity index (χ3v) is 1.91. The van der Waals surface area contributed by atoms with Gasteiger partial charge in [-0.05, 0) is 6.07 Å². The van der Waals surface area contributed by atoms with Gasteiger partial charge in [0, 0.05) is 18.5 Å². The second kappa shape index (κ2) is 5.34. The van der Waals surface area contributed by atoms with Crippen molar-refractivity contribution < 1.29 is 8.78 Å². The van der Waals surface area contributed by atoms with E-state index < -0.39 is 11.6 Å². The standard InChI is InChI=1S/C9H7F2N3.C2H6/c1-12-9-5-2-6(10)7(11)3-8(5)13-4-14-9;1-2/h2-4H,1H3,(H,12,13,14);1-2H3. The second-order valence-corrected chi connectivity index (χ2v) is 2.76. The van der Waals surface area contributed by atoms with E-state index in [1.807, 2.05) is 13.8 Å². The fourth-order valence-electron chi connectivity index (χ4n) is 1.25. The molecule has 3 nitrogen and oxygen atoms in total. The van der Waals surface area contributed by atoms with Crippen molar-refractivity contribution in [2.45, 2.75) is 13.8 Å². The van der Waals surface area contributed by atoms with Gasteiger partial charge in [0.1, 0.15) is 12.1 Å². The average molecular weight is 225 g/mol. The molecule has 1 aromatic carbocycles. The van der Waals surface area contributed by atoms with Gasteiger partial charge in [0.25, 0.3) is 0 Å². The first-order valence-corrected chi connectivity index (χ1v) is 5.00. The summed E-state index contributed by atoms with van der Waals surface area (Å²) < 4.78 is 25.7. The summed E-state index contributed by atoms with van der Waals surface area (Å²) in [6.45, 7) is 4.00. The Morgan fingerprint density at radius 2 is 1.69 bits per heavy atom. The molecule has 0 atom stereocenters. The highest BCUT2D eigenvalue weighted by atomic mass is 19.2. The summed E-state index contributed by atoms with van der Waals surface area (Å²) >= 11 is 0. The molecule has 0 amide bonds. The molecule has 0 aliphatic heterocycles. The largest absolute Gasteiger partial charge is 0.373 e. The van der Waals surface area contributed by atoms with Gasteiger partial charge in [-0.15, -0.1) is 0 Å². The van der Waals surface area contributed by atoms with Gasteiger partial charge in [0.15, 0.2) is 11.6 Å². The van der Waals surface area contributed by atoms with Gasteiger partial charge in [-0.25, -0.2) is 18.7 Å². The van der Waals surface area contributed by atoms with E-state index >= 15 is 0 Å². The maximum absolute atomic E-state index is 12.9. The molecule has 0 aliphatic carbocycles. The average Bonchev–Trinajstić information content (AvgIpc) is 2.32. The normalized spacial score (nSPS) is 9.56. The molecule has 16 heavy (non-hydrogen) atoms. The van der Waals surface area contributed by atoms with Gasteiger partial charge in [-0.1, -0.05) is 13.8 Å². The lowest BCUT2D eigenvalue weighted by Gasteiger charge is -2.03. The second-order valence-electron chi connectivity index (χ2n) is 2.76. The maximum atomic E-state index is 12.9. The third kappa shape index (κ3) is 2.24. The molecule has 5 heteroatoms. The topological polar surface area (TPSA) is 37.8 Å². The van der Waals surface area contributed by atoms with Crippen LogP contribution in [0.25, 0.3) is 10.9 Å². The Bertz CT molecular complexity index is 486. The monoisotopic (exact) mass is 225 g/mol. The molecule has 0 saturated heterocycles. The van der Waals surface area contributed by atoms with Crippen LogP contribution in [0, 0.1) is 11.6 Å². The number of aromatic nitrogens is 2. The molecule has 0 fully saturated rings. The van der Waals surface area contributed by atoms with E-state index in [1.165, 1.54) is 6.33 Å². The van der Waals surface area contributed by atoms with Crippen LogP contribution < -0.4 is 5.32 Å². The summed E-state index contributed by atoms with van der Waals surface area (Å²) in [5.41, 5.74) is 0.378. The Labute approximate surface area is 92.5 Å². The summed E-state index contributed by atoms with van der Waals surface area (Å²) in [5.74, 6) is -1.32. The zero-order valence-electron chi connectivity index (χ0n) is 9.38. The molecule has 86 valence electrons. The molecule has 2 rings (SSSR count). The van der Waals surface area contributed by atoms with Crippen LogP contribution in [0.2, 0.25) is 0 Å². The number of nitrogens with zero attached hydrogens (tertiary/aromatic N) is 2. The van der Waals surface area contributed by atoms with Crippen LogP contribution in [-0.4, -0.2) is 17.0 Å². The summed E-state index contributed by atoms with van der Waals surface area (Å²) in [4.78, 5) is 7.72. The molecule has 1 N–H and O–H groups in total. The number of benzene rings is 1. The van der Waals surface area contributed by atoms with E-state index in [-0.39, 0.29) is 0 Å². The zero-order valence-corrected chi connectivity index (χ0v) is 9.38. The lowest BCUT2D eigenvalue weighted by atomic mass is 10.2. The molecular formula is C11H13F2N3. The summed E-state index contributed by atoms with van der Waals surface area (Å²) in [5, 5.41) is 3.24. The molecule has 0 unspecified atom stereocenters. The molecule has 0 bridgehead atoms. The van der Waals surface area contributed by atoms with E-state index in [0.717, 1.165) is 12.1 Å². The highest BCUT2D eigenvalue weighted by Crippen LogP contribution is 2.21. The van der Waals surface area contributed by atoms with Crippen LogP contribution in [0.5, 0.6) is 0 Å². The number of anilines is 1. The minimum atomic E-state index is -0.904. The minimum absolute atomic E-state index is 0.378. The van der Waals surface area contributed by atoms with E-state index in [9.17, 15) is 8.78 Å². The van der Waals surface area contributed by atoms with Crippen LogP contribution in [-0.2, 0) is 0 Å². The lowest BCUT2D eigenvalue weighted by Crippen LogP contribution is -1.96. The van der Waals surface area contributed by atoms with Crippen molar-refractivity contribution in [2.24, 2.45) is 0 Å². The van der Waals surface area contributed by atoms with Crippen molar-refractivity contribution in [2.75, 3.05) is 12.4 Å². The number of nitrogens with one attached hydrogen (secondary N) is 1. The predicted molar refractivity (Wildman–Crippen MR) is 60.3 cm³/mol. The van der Waals surface area contributed by atoms with Crippen molar-refractivity contribution >= 4 is 16.7 Å². The van der Waals surface area contributed by atoms with Crippen LogP contribution in [0.1, 0.15) is 13.8 Å². The Hall–Kier alpha value is -1.78. The molecule has 1 heterocycles. The number of rotatable bonds is 1. The number of halogens is 2. The number of hydrogen-bond acceptors (Lipinski definition) is 3. The molecule has 0 saturated carbocycles. The SMILES string of the molecule is CC.CNc1ncnc2cc(F)c(F)cc12. The first-order chi connectivity index (χ1) is 7.72. The lowest BCUT2D eigenvalue weighted by molar-refractivity contribution is 0.510. The van der Waals surface area contributed by atoms with Crippen LogP contribution >= 0.6 is 0 Å². The van der Waals surface area contributed by atoms with Crippen molar-refractivity contribution in [3.8, 4) is 0 Å². The van der Waals surface area contributed by atoms with E-state index in [2.05, 4.69) is 15.3 Å². The fourth-order valence-corrected chi connectivity index (χ4v) is 1.25. The van der Waals surface area contributed by atoms with Crippen LogP contribution in [0.15, 0.2) is 18.5 Å². The Morgan fingerprint density at radius 3 is 2.31 bits per heavy atom. The number of fused-ring (bicyclic) bond motifs is 1. The van der Waals surface area contributed by atoms with Crippen molar-refractivity contribution in [1.82, 2.24) is 9.97 Å². The van der Waals surface area contributed by atoms with E-state index in [4.69, 9.17) is 0 Å². The molecular weight excluding hydrogens is 212 g/mol. The zero-order chi connectivity index (χ0) is 12.1. The van der Waals surface area contributed by atoms with Crippen molar-refractivity contribution in [1.29, 1.82) is 0 Å². The molecule has 0 aliphatic rings. The van der Waals surface area contributed by atoms with Crippen LogP contribution in [0.4, 0.5) is 14.6 Å². The first kappa shape index (κ1) is 12.3. The minimum Gasteiger partial charge on any atom is -0.373 e. The molecule has 0 radical (unpaired) electrons. The van der Waals surface area contributed by atoms with E-state index in [1.54, 1.807) is 7.05 Å². The van der Waals surface area contributed by atoms with Gasteiger partial charge in [0.05, 0.1) is 5.52 Å². The fraction of sp³-hybridized carbons (Fsp3) is 0.273. The summed E-state index contributed by atoms with van der Waals surface area (Å²) in [6, 6.07) is 2.13. The van der Waals surface area contributed by atoms with Gasteiger partial charge in [-0.3, -0.25) is 0 Å². The Balaban J connectivity index is 0.000000606. The first-order valence-electron chi connectivity index (χ1n) is 5.00. The Kier molecular flexibility index (Phi) is 4.10. The van der Waals surface area contributed by atoms with Gasteiger partial charge in [0.2, 0.25) is 0 Å². The molecule has 0 spiro atoms. The van der Waals surface area contributed by atoms with Gasteiger partial charge < -0.3 is 5.32 Å². The highest BCUT2D eigenvalue weighted by molar-refractivity contribution is 5.88. The maximum Gasteiger partial charge on any atom is 0.161 e. The summed E-state index contributed by atoms with van der Waals surface area (Å²) in [7, 11) is 1.66. The van der Waals surface area contributed by atoms with Gasteiger partial charge >= 0.3 is 0 Å². The van der Waals surface area contributed by atoms with Gasteiger partial charge in [-0.2, -0.15) is 0 Å². The number of hydrogen-bond donors (Lipinski definition) is 1. The van der Waals surface area contributed by atoms with Crippen LogP contribution in [0.3, 0.4) is 0 Å². The van der Waals surface area contributed by atoms with Crippen molar-refractivity contribution in [3.63, 3.8) is 0 Å².